The van der Waals surface area contributed by atoms with Gasteiger partial charge in [-0.25, -0.2) is 0 Å². The summed E-state index contributed by atoms with van der Waals surface area (Å²) in [5, 5.41) is 21.1. The number of anilines is 2. The number of aliphatic hydroxyl groups is 1. The molecule has 1 fully saturated rings. The number of nitriles is 1. The van der Waals surface area contributed by atoms with Gasteiger partial charge in [-0.1, -0.05) is 23.2 Å². The maximum absolute atomic E-state index is 10.1. The van der Waals surface area contributed by atoms with Gasteiger partial charge in [0.2, 0.25) is 0 Å². The molecule has 0 atom stereocenters. The van der Waals surface area contributed by atoms with Crippen molar-refractivity contribution in [3.8, 4) is 23.3 Å². The van der Waals surface area contributed by atoms with Crippen molar-refractivity contribution in [1.82, 2.24) is 14.8 Å². The van der Waals surface area contributed by atoms with Crippen LogP contribution in [0, 0.1) is 11.3 Å². The Bertz CT molecular complexity index is 1360. The van der Waals surface area contributed by atoms with Crippen LogP contribution in [0.5, 0.6) is 17.2 Å². The van der Waals surface area contributed by atoms with Gasteiger partial charge < -0.3 is 34.0 Å². The van der Waals surface area contributed by atoms with Crippen LogP contribution < -0.4 is 19.1 Å². The van der Waals surface area contributed by atoms with E-state index in [1.165, 1.54) is 13.3 Å². The number of aliphatic hydroxyl groups excluding tert-OH is 1. The van der Waals surface area contributed by atoms with Gasteiger partial charge in [-0.05, 0) is 32.0 Å². The van der Waals surface area contributed by atoms with Crippen molar-refractivity contribution >= 4 is 45.5 Å². The average molecular weight is 589 g/mol. The van der Waals surface area contributed by atoms with Gasteiger partial charge in [-0.2, -0.15) is 5.26 Å². The molecule has 0 radical (unpaired) electrons. The third kappa shape index (κ3) is 6.82. The van der Waals surface area contributed by atoms with E-state index in [-0.39, 0.29) is 6.61 Å². The zero-order valence-electron chi connectivity index (χ0n) is 23.1. The number of ether oxygens (including phenoxy) is 3. The zero-order valence-corrected chi connectivity index (χ0v) is 24.6. The lowest BCUT2D eigenvalue weighted by atomic mass is 10.1. The molecular weight excluding hydrogens is 553 g/mol. The summed E-state index contributed by atoms with van der Waals surface area (Å²) in [6, 6.07) is 9.26. The number of hydrogen-bond acceptors (Lipinski definition) is 9. The van der Waals surface area contributed by atoms with Crippen LogP contribution in [-0.2, 0) is 0 Å². The third-order valence-electron chi connectivity index (χ3n) is 7.04. The van der Waals surface area contributed by atoms with Gasteiger partial charge in [-0.15, -0.1) is 0 Å². The fourth-order valence-electron chi connectivity index (χ4n) is 4.84. The molecule has 0 saturated carbocycles. The molecular formula is C29H35Cl2N5O4. The van der Waals surface area contributed by atoms with Gasteiger partial charge in [0.15, 0.2) is 11.5 Å². The predicted octanol–water partition coefficient (Wildman–Crippen LogP) is 4.97. The summed E-state index contributed by atoms with van der Waals surface area (Å²) in [6.45, 7) is 6.16. The van der Waals surface area contributed by atoms with Crippen LogP contribution in [0.25, 0.3) is 10.9 Å². The lowest BCUT2D eigenvalue weighted by Gasteiger charge is -2.32. The molecule has 2 aromatic carbocycles. The molecule has 1 aliphatic rings. The molecule has 214 valence electrons. The standard InChI is InChI=1S/C29H35Cl2N5O4/c1-34-8-10-35(11-9-34)6-5-13-40-28-16-24-21(14-27(28)39-3)29(20(18-32)19-33-24)36(7-4-12-37)25-17-26(38-2)23(31)15-22(25)30/h14-17,19,37H,4-13H2,1-3H3. The van der Waals surface area contributed by atoms with Gasteiger partial charge in [-0.3, -0.25) is 4.98 Å². The molecule has 0 aliphatic carbocycles. The maximum atomic E-state index is 10.1. The fourth-order valence-corrected chi connectivity index (χ4v) is 5.40. The molecule has 1 aliphatic heterocycles. The number of likely N-dealkylation sites (N-methyl/N-ethyl adjacent to an activating group) is 1. The Labute approximate surface area is 245 Å². The van der Waals surface area contributed by atoms with E-state index in [1.807, 2.05) is 17.0 Å². The molecule has 40 heavy (non-hydrogen) atoms. The molecule has 9 nitrogen and oxygen atoms in total. The van der Waals surface area contributed by atoms with Crippen LogP contribution in [0.4, 0.5) is 11.4 Å². The Hall–Kier alpha value is -3.00. The van der Waals surface area contributed by atoms with Crippen molar-refractivity contribution in [3.05, 3.63) is 46.1 Å². The molecule has 0 amide bonds. The predicted molar refractivity (Wildman–Crippen MR) is 159 cm³/mol. The molecule has 0 unspecified atom stereocenters. The van der Waals surface area contributed by atoms with E-state index < -0.39 is 0 Å². The van der Waals surface area contributed by atoms with E-state index in [2.05, 4.69) is 27.9 Å². The molecule has 4 rings (SSSR count). The van der Waals surface area contributed by atoms with E-state index in [0.29, 0.717) is 74.7 Å². The second-order valence-electron chi connectivity index (χ2n) is 9.67. The number of aromatic nitrogens is 1. The Morgan fingerprint density at radius 2 is 1.75 bits per heavy atom. The molecule has 3 aromatic rings. The van der Waals surface area contributed by atoms with Gasteiger partial charge in [0.1, 0.15) is 11.8 Å². The number of hydrogen-bond donors (Lipinski definition) is 1. The SMILES string of the molecule is COc1cc(N(CCCO)c2c(C#N)cnc3cc(OCCCN4CCN(C)CC4)c(OC)cc23)c(Cl)cc1Cl. The van der Waals surface area contributed by atoms with Crippen molar-refractivity contribution in [3.63, 3.8) is 0 Å². The quantitative estimate of drug-likeness (QED) is 0.295. The summed E-state index contributed by atoms with van der Waals surface area (Å²) in [7, 11) is 5.26. The van der Waals surface area contributed by atoms with Crippen LogP contribution in [0.2, 0.25) is 10.0 Å². The summed E-state index contributed by atoms with van der Waals surface area (Å²) < 4.78 is 17.3. The summed E-state index contributed by atoms with van der Waals surface area (Å²) in [5.41, 5.74) is 2.16. The fraction of sp³-hybridized carbons (Fsp3) is 0.448. The van der Waals surface area contributed by atoms with Gasteiger partial charge in [0.05, 0.1) is 53.3 Å². The van der Waals surface area contributed by atoms with E-state index in [1.54, 1.807) is 19.2 Å². The van der Waals surface area contributed by atoms with Crippen molar-refractivity contribution in [1.29, 1.82) is 5.26 Å². The Kier molecular flexibility index (Phi) is 10.5. The zero-order chi connectivity index (χ0) is 28.6. The minimum atomic E-state index is -0.0425. The number of rotatable bonds is 12. The van der Waals surface area contributed by atoms with Crippen LogP contribution in [0.3, 0.4) is 0 Å². The Morgan fingerprint density at radius 3 is 2.42 bits per heavy atom. The first-order valence-corrected chi connectivity index (χ1v) is 14.0. The smallest absolute Gasteiger partial charge is 0.163 e. The summed E-state index contributed by atoms with van der Waals surface area (Å²) in [4.78, 5) is 11.2. The van der Waals surface area contributed by atoms with Crippen LogP contribution in [0.1, 0.15) is 18.4 Å². The molecule has 1 N–H and O–H groups in total. The number of pyridine rings is 1. The second kappa shape index (κ2) is 14.1. The molecule has 1 saturated heterocycles. The van der Waals surface area contributed by atoms with Gasteiger partial charge in [0, 0.05) is 69.6 Å². The van der Waals surface area contributed by atoms with Gasteiger partial charge in [0.25, 0.3) is 0 Å². The maximum Gasteiger partial charge on any atom is 0.163 e. The van der Waals surface area contributed by atoms with Crippen LogP contribution >= 0.6 is 23.2 Å². The lowest BCUT2D eigenvalue weighted by Crippen LogP contribution is -2.44. The second-order valence-corrected chi connectivity index (χ2v) is 10.5. The van der Waals surface area contributed by atoms with Gasteiger partial charge >= 0.3 is 0 Å². The number of halogens is 2. The van der Waals surface area contributed by atoms with Crippen molar-refractivity contribution in [2.75, 3.05) is 78.6 Å². The van der Waals surface area contributed by atoms with E-state index in [0.717, 1.165) is 39.1 Å². The monoisotopic (exact) mass is 587 g/mol. The highest BCUT2D eigenvalue weighted by atomic mass is 35.5. The Morgan fingerprint density at radius 1 is 1.00 bits per heavy atom. The Balaban J connectivity index is 1.69. The highest BCUT2D eigenvalue weighted by molar-refractivity contribution is 6.37. The lowest BCUT2D eigenvalue weighted by molar-refractivity contribution is 0.145. The average Bonchev–Trinajstić information content (AvgIpc) is 2.96. The summed E-state index contributed by atoms with van der Waals surface area (Å²) in [6.07, 6.45) is 2.86. The number of nitrogens with zero attached hydrogens (tertiary/aromatic N) is 5. The molecule has 2 heterocycles. The molecule has 0 spiro atoms. The third-order valence-corrected chi connectivity index (χ3v) is 7.64. The topological polar surface area (TPSA) is 94.3 Å². The molecule has 11 heteroatoms. The van der Waals surface area contributed by atoms with Crippen molar-refractivity contribution in [2.24, 2.45) is 0 Å². The molecule has 1 aromatic heterocycles. The first-order valence-electron chi connectivity index (χ1n) is 13.3. The minimum absolute atomic E-state index is 0.0425. The number of fused-ring (bicyclic) bond motifs is 1. The molecule has 0 bridgehead atoms. The first kappa shape index (κ1) is 30.0. The number of methoxy groups -OCH3 is 2. The highest BCUT2D eigenvalue weighted by Gasteiger charge is 2.23. The largest absolute Gasteiger partial charge is 0.495 e. The van der Waals surface area contributed by atoms with E-state index in [9.17, 15) is 10.4 Å². The van der Waals surface area contributed by atoms with Crippen molar-refractivity contribution in [2.45, 2.75) is 12.8 Å². The van der Waals surface area contributed by atoms with E-state index >= 15 is 0 Å². The summed E-state index contributed by atoms with van der Waals surface area (Å²) >= 11 is 13.0. The number of piperazine rings is 1. The van der Waals surface area contributed by atoms with Crippen molar-refractivity contribution < 1.29 is 19.3 Å². The highest BCUT2D eigenvalue weighted by Crippen LogP contribution is 2.44. The normalized spacial score (nSPS) is 14.2. The summed E-state index contributed by atoms with van der Waals surface area (Å²) in [5.74, 6) is 1.56. The minimum Gasteiger partial charge on any atom is -0.495 e. The van der Waals surface area contributed by atoms with E-state index in [4.69, 9.17) is 37.4 Å². The first-order chi connectivity index (χ1) is 19.4. The van der Waals surface area contributed by atoms with Crippen LogP contribution in [0.15, 0.2) is 30.5 Å². The van der Waals surface area contributed by atoms with Crippen LogP contribution in [-0.4, -0.2) is 93.6 Å². The number of benzene rings is 2.